The van der Waals surface area contributed by atoms with Gasteiger partial charge in [-0.25, -0.2) is 4.39 Å². The summed E-state index contributed by atoms with van der Waals surface area (Å²) < 4.78 is 13.1. The zero-order chi connectivity index (χ0) is 15.0. The van der Waals surface area contributed by atoms with Gasteiger partial charge >= 0.3 is 0 Å². The van der Waals surface area contributed by atoms with Gasteiger partial charge in [-0.15, -0.1) is 12.4 Å². The minimum absolute atomic E-state index is 0. The summed E-state index contributed by atoms with van der Waals surface area (Å²) in [5.74, 6) is -1.27. The number of hydrogen-bond donors (Lipinski definition) is 2. The molecule has 4 nitrogen and oxygen atoms in total. The van der Waals surface area contributed by atoms with Crippen molar-refractivity contribution in [1.82, 2.24) is 10.6 Å². The summed E-state index contributed by atoms with van der Waals surface area (Å²) >= 11 is 0. The van der Waals surface area contributed by atoms with Gasteiger partial charge in [-0.3, -0.25) is 9.59 Å². The molecule has 1 aromatic rings. The highest BCUT2D eigenvalue weighted by molar-refractivity contribution is 5.99. The van der Waals surface area contributed by atoms with Gasteiger partial charge in [-0.05, 0) is 32.1 Å². The number of rotatable bonds is 8. The lowest BCUT2D eigenvalue weighted by Crippen LogP contribution is -2.29. The Morgan fingerprint density at radius 1 is 1.29 bits per heavy atom. The van der Waals surface area contributed by atoms with E-state index >= 15 is 0 Å². The van der Waals surface area contributed by atoms with Crippen LogP contribution in [0.4, 0.5) is 4.39 Å². The number of ketones is 1. The SMILES string of the molecule is CNCCCNC(=O)CC(C)C(=O)c1cccc(F)c1.Cl. The lowest BCUT2D eigenvalue weighted by molar-refractivity contribution is -0.121. The summed E-state index contributed by atoms with van der Waals surface area (Å²) in [7, 11) is 1.85. The highest BCUT2D eigenvalue weighted by Crippen LogP contribution is 2.13. The Hall–Kier alpha value is -1.46. The van der Waals surface area contributed by atoms with Crippen molar-refractivity contribution in [3.8, 4) is 0 Å². The third-order valence-electron chi connectivity index (χ3n) is 2.97. The van der Waals surface area contributed by atoms with Crippen LogP contribution in [0.3, 0.4) is 0 Å². The number of benzene rings is 1. The van der Waals surface area contributed by atoms with Crippen molar-refractivity contribution in [3.05, 3.63) is 35.6 Å². The second-order valence-corrected chi connectivity index (χ2v) is 4.79. The average molecular weight is 317 g/mol. The van der Waals surface area contributed by atoms with E-state index in [-0.39, 0.29) is 30.5 Å². The zero-order valence-electron chi connectivity index (χ0n) is 12.3. The van der Waals surface area contributed by atoms with Crippen LogP contribution in [0.25, 0.3) is 0 Å². The van der Waals surface area contributed by atoms with Crippen LogP contribution in [0.15, 0.2) is 24.3 Å². The number of Topliss-reactive ketones (excluding diaryl/α,β-unsaturated/α-hetero) is 1. The standard InChI is InChI=1S/C15H21FN2O2.ClH/c1-11(9-14(19)18-8-4-7-17-2)15(20)12-5-3-6-13(16)10-12;/h3,5-6,10-11,17H,4,7-9H2,1-2H3,(H,18,19);1H. The van der Waals surface area contributed by atoms with Gasteiger partial charge in [-0.1, -0.05) is 19.1 Å². The Morgan fingerprint density at radius 2 is 2.00 bits per heavy atom. The predicted octanol–water partition coefficient (Wildman–Crippen LogP) is 2.18. The predicted molar refractivity (Wildman–Crippen MR) is 83.3 cm³/mol. The second-order valence-electron chi connectivity index (χ2n) is 4.79. The number of carbonyl (C=O) groups is 2. The maximum Gasteiger partial charge on any atom is 0.220 e. The Kier molecular flexibility index (Phi) is 9.58. The van der Waals surface area contributed by atoms with Gasteiger partial charge in [0, 0.05) is 24.4 Å². The first-order valence-electron chi connectivity index (χ1n) is 6.75. The van der Waals surface area contributed by atoms with Crippen LogP contribution in [-0.2, 0) is 4.79 Å². The molecule has 0 heterocycles. The van der Waals surface area contributed by atoms with Gasteiger partial charge in [0.2, 0.25) is 5.91 Å². The summed E-state index contributed by atoms with van der Waals surface area (Å²) in [6, 6.07) is 5.54. The fourth-order valence-corrected chi connectivity index (χ4v) is 1.86. The third kappa shape index (κ3) is 7.20. The van der Waals surface area contributed by atoms with E-state index in [0.29, 0.717) is 12.1 Å². The number of halogens is 2. The molecule has 0 aliphatic carbocycles. The Labute approximate surface area is 130 Å². The molecular weight excluding hydrogens is 295 g/mol. The van der Waals surface area contributed by atoms with Crippen LogP contribution in [0, 0.1) is 11.7 Å². The van der Waals surface area contributed by atoms with E-state index in [9.17, 15) is 14.0 Å². The first kappa shape index (κ1) is 19.5. The van der Waals surface area contributed by atoms with Gasteiger partial charge in [0.25, 0.3) is 0 Å². The van der Waals surface area contributed by atoms with Crippen molar-refractivity contribution in [1.29, 1.82) is 0 Å². The highest BCUT2D eigenvalue weighted by atomic mass is 35.5. The molecule has 1 unspecified atom stereocenters. The lowest BCUT2D eigenvalue weighted by atomic mass is 9.96. The van der Waals surface area contributed by atoms with Crippen LogP contribution >= 0.6 is 12.4 Å². The molecule has 21 heavy (non-hydrogen) atoms. The number of amides is 1. The van der Waals surface area contributed by atoms with Crippen molar-refractivity contribution in [2.45, 2.75) is 19.8 Å². The molecule has 0 radical (unpaired) electrons. The van der Waals surface area contributed by atoms with Crippen LogP contribution in [-0.4, -0.2) is 31.8 Å². The Balaban J connectivity index is 0.00000400. The van der Waals surface area contributed by atoms with Gasteiger partial charge in [0.1, 0.15) is 5.82 Å². The molecule has 0 bridgehead atoms. The molecule has 1 aromatic carbocycles. The molecule has 0 aliphatic rings. The molecular formula is C15H22ClFN2O2. The molecule has 0 saturated heterocycles. The maximum absolute atomic E-state index is 13.1. The Morgan fingerprint density at radius 3 is 2.62 bits per heavy atom. The van der Waals surface area contributed by atoms with E-state index in [4.69, 9.17) is 0 Å². The van der Waals surface area contributed by atoms with E-state index in [1.54, 1.807) is 13.0 Å². The molecule has 0 fully saturated rings. The van der Waals surface area contributed by atoms with Crippen molar-refractivity contribution in [2.24, 2.45) is 5.92 Å². The van der Waals surface area contributed by atoms with E-state index in [2.05, 4.69) is 10.6 Å². The highest BCUT2D eigenvalue weighted by Gasteiger charge is 2.18. The summed E-state index contributed by atoms with van der Waals surface area (Å²) in [5.41, 5.74) is 0.306. The third-order valence-corrected chi connectivity index (χ3v) is 2.97. The van der Waals surface area contributed by atoms with Crippen molar-refractivity contribution >= 4 is 24.1 Å². The summed E-state index contributed by atoms with van der Waals surface area (Å²) in [4.78, 5) is 23.7. The minimum atomic E-state index is -0.457. The quantitative estimate of drug-likeness (QED) is 0.571. The molecule has 0 aromatic heterocycles. The molecule has 2 N–H and O–H groups in total. The van der Waals surface area contributed by atoms with Crippen LogP contribution in [0.5, 0.6) is 0 Å². The van der Waals surface area contributed by atoms with Crippen LogP contribution < -0.4 is 10.6 Å². The van der Waals surface area contributed by atoms with E-state index in [0.717, 1.165) is 13.0 Å². The monoisotopic (exact) mass is 316 g/mol. The van der Waals surface area contributed by atoms with Gasteiger partial charge < -0.3 is 10.6 Å². The first-order chi connectivity index (χ1) is 9.54. The average Bonchev–Trinajstić information content (AvgIpc) is 2.42. The van der Waals surface area contributed by atoms with Crippen molar-refractivity contribution in [3.63, 3.8) is 0 Å². The van der Waals surface area contributed by atoms with E-state index in [1.165, 1.54) is 18.2 Å². The molecule has 1 atom stereocenters. The fraction of sp³-hybridized carbons (Fsp3) is 0.467. The summed E-state index contributed by atoms with van der Waals surface area (Å²) in [6.45, 7) is 3.10. The second kappa shape index (κ2) is 10.3. The molecule has 6 heteroatoms. The van der Waals surface area contributed by atoms with Gasteiger partial charge in [0.05, 0.1) is 0 Å². The van der Waals surface area contributed by atoms with Gasteiger partial charge in [0.15, 0.2) is 5.78 Å². The zero-order valence-corrected chi connectivity index (χ0v) is 13.1. The number of nitrogens with one attached hydrogen (secondary N) is 2. The van der Waals surface area contributed by atoms with Crippen LogP contribution in [0.1, 0.15) is 30.1 Å². The lowest BCUT2D eigenvalue weighted by Gasteiger charge is -2.11. The first-order valence-corrected chi connectivity index (χ1v) is 6.75. The van der Waals surface area contributed by atoms with Crippen LogP contribution in [0.2, 0.25) is 0 Å². The molecule has 118 valence electrons. The summed E-state index contributed by atoms with van der Waals surface area (Å²) in [5, 5.41) is 5.75. The maximum atomic E-state index is 13.1. The smallest absolute Gasteiger partial charge is 0.220 e. The fourth-order valence-electron chi connectivity index (χ4n) is 1.86. The normalized spacial score (nSPS) is 11.4. The number of hydrogen-bond acceptors (Lipinski definition) is 3. The number of carbonyl (C=O) groups excluding carboxylic acids is 2. The Bertz CT molecular complexity index is 469. The molecule has 1 rings (SSSR count). The minimum Gasteiger partial charge on any atom is -0.356 e. The van der Waals surface area contributed by atoms with Crippen molar-refractivity contribution in [2.75, 3.05) is 20.1 Å². The topological polar surface area (TPSA) is 58.2 Å². The van der Waals surface area contributed by atoms with Crippen molar-refractivity contribution < 1.29 is 14.0 Å². The van der Waals surface area contributed by atoms with E-state index < -0.39 is 11.7 Å². The molecule has 1 amide bonds. The van der Waals surface area contributed by atoms with E-state index in [1.807, 2.05) is 7.05 Å². The summed E-state index contributed by atoms with van der Waals surface area (Å²) in [6.07, 6.45) is 0.962. The molecule has 0 aliphatic heterocycles. The largest absolute Gasteiger partial charge is 0.356 e. The van der Waals surface area contributed by atoms with Gasteiger partial charge in [-0.2, -0.15) is 0 Å². The molecule has 0 spiro atoms. The molecule has 0 saturated carbocycles.